The van der Waals surface area contributed by atoms with Crippen LogP contribution in [0.25, 0.3) is 11.5 Å². The van der Waals surface area contributed by atoms with Gasteiger partial charge in [-0.15, -0.1) is 10.2 Å². The number of hydrogen-bond acceptors (Lipinski definition) is 6. The van der Waals surface area contributed by atoms with Gasteiger partial charge in [-0.3, -0.25) is 10.7 Å². The summed E-state index contributed by atoms with van der Waals surface area (Å²) < 4.78 is 5.35. The molecule has 2 aromatic heterocycles. The molecule has 0 aliphatic carbocycles. The number of aliphatic hydroxyl groups is 1. The van der Waals surface area contributed by atoms with Gasteiger partial charge in [-0.1, -0.05) is 13.3 Å². The molecule has 0 radical (unpaired) electrons. The highest BCUT2D eigenvalue weighted by molar-refractivity contribution is 5.49. The molecule has 0 saturated heterocycles. The summed E-state index contributed by atoms with van der Waals surface area (Å²) in [7, 11) is 0. The number of rotatable bonds is 4. The molecule has 0 spiro atoms. The third-order valence-electron chi connectivity index (χ3n) is 2.33. The van der Waals surface area contributed by atoms with Crippen molar-refractivity contribution in [1.29, 1.82) is 0 Å². The van der Waals surface area contributed by atoms with Gasteiger partial charge in [-0.25, -0.2) is 0 Å². The van der Waals surface area contributed by atoms with Crippen LogP contribution in [-0.4, -0.2) is 20.3 Å². The number of pyridine rings is 1. The van der Waals surface area contributed by atoms with Crippen molar-refractivity contribution in [1.82, 2.24) is 15.2 Å². The van der Waals surface area contributed by atoms with Crippen LogP contribution in [0, 0.1) is 0 Å². The van der Waals surface area contributed by atoms with Gasteiger partial charge in [0, 0.05) is 12.4 Å². The number of hydrogen-bond donors (Lipinski definition) is 2. The van der Waals surface area contributed by atoms with Gasteiger partial charge in [-0.2, -0.15) is 0 Å². The summed E-state index contributed by atoms with van der Waals surface area (Å²) >= 11 is 0. The maximum atomic E-state index is 9.91. The van der Waals surface area contributed by atoms with E-state index < -0.39 is 5.72 Å². The Morgan fingerprint density at radius 2 is 2.29 bits per heavy atom. The molecule has 0 amide bonds. The molecule has 0 unspecified atom stereocenters. The van der Waals surface area contributed by atoms with Gasteiger partial charge >= 0.3 is 0 Å². The zero-order chi connectivity index (χ0) is 12.3. The van der Waals surface area contributed by atoms with Crippen molar-refractivity contribution in [2.24, 2.45) is 5.73 Å². The Morgan fingerprint density at radius 1 is 1.47 bits per heavy atom. The van der Waals surface area contributed by atoms with Gasteiger partial charge < -0.3 is 9.52 Å². The molecule has 6 nitrogen and oxygen atoms in total. The van der Waals surface area contributed by atoms with E-state index in [4.69, 9.17) is 10.2 Å². The summed E-state index contributed by atoms with van der Waals surface area (Å²) in [4.78, 5) is 3.95. The van der Waals surface area contributed by atoms with Crippen LogP contribution in [0.1, 0.15) is 25.7 Å². The molecule has 3 N–H and O–H groups in total. The van der Waals surface area contributed by atoms with Crippen LogP contribution in [-0.2, 0) is 5.72 Å². The van der Waals surface area contributed by atoms with E-state index in [9.17, 15) is 5.11 Å². The second-order valence-corrected chi connectivity index (χ2v) is 3.83. The highest BCUT2D eigenvalue weighted by Crippen LogP contribution is 2.23. The van der Waals surface area contributed by atoms with Crippen molar-refractivity contribution in [3.63, 3.8) is 0 Å². The molecule has 2 rings (SSSR count). The van der Waals surface area contributed by atoms with Crippen LogP contribution in [0.4, 0.5) is 0 Å². The third kappa shape index (κ3) is 2.48. The van der Waals surface area contributed by atoms with Gasteiger partial charge in [-0.05, 0) is 18.6 Å². The quantitative estimate of drug-likeness (QED) is 0.767. The molecule has 90 valence electrons. The van der Waals surface area contributed by atoms with E-state index in [0.29, 0.717) is 17.9 Å². The van der Waals surface area contributed by atoms with Gasteiger partial charge in [0.15, 0.2) is 5.72 Å². The number of nitrogens with zero attached hydrogens (tertiary/aromatic N) is 3. The average molecular weight is 234 g/mol. The number of nitrogens with two attached hydrogens (primary N) is 1. The SMILES string of the molecule is CCC[C@](N)(O)c1nnc(-c2cccnc2)o1. The zero-order valence-electron chi connectivity index (χ0n) is 9.50. The van der Waals surface area contributed by atoms with E-state index in [1.54, 1.807) is 24.5 Å². The second kappa shape index (κ2) is 4.60. The normalized spacial score (nSPS) is 14.5. The van der Waals surface area contributed by atoms with Crippen molar-refractivity contribution in [3.8, 4) is 11.5 Å². The third-order valence-corrected chi connectivity index (χ3v) is 2.33. The lowest BCUT2D eigenvalue weighted by Crippen LogP contribution is -2.36. The van der Waals surface area contributed by atoms with E-state index in [1.165, 1.54) is 0 Å². The summed E-state index contributed by atoms with van der Waals surface area (Å²) in [6, 6.07) is 3.56. The Hall–Kier alpha value is -1.79. The maximum absolute atomic E-state index is 9.91. The molecule has 1 atom stereocenters. The smallest absolute Gasteiger partial charge is 0.263 e. The van der Waals surface area contributed by atoms with Crippen LogP contribution in [0.3, 0.4) is 0 Å². The van der Waals surface area contributed by atoms with E-state index in [1.807, 2.05) is 6.92 Å². The first-order valence-corrected chi connectivity index (χ1v) is 5.39. The lowest BCUT2D eigenvalue weighted by atomic mass is 10.1. The highest BCUT2D eigenvalue weighted by atomic mass is 16.4. The lowest BCUT2D eigenvalue weighted by Gasteiger charge is -2.16. The standard InChI is InChI=1S/C11H14N4O2/c1-2-5-11(12,16)10-15-14-9(17-10)8-4-3-6-13-7-8/h3-4,6-7,16H,2,5,12H2,1H3/t11-/m0/s1. The molecule has 0 aliphatic heterocycles. The Bertz CT molecular complexity index is 481. The molecule has 2 heterocycles. The van der Waals surface area contributed by atoms with Crippen LogP contribution in [0.2, 0.25) is 0 Å². The van der Waals surface area contributed by atoms with E-state index in [0.717, 1.165) is 6.42 Å². The monoisotopic (exact) mass is 234 g/mol. The zero-order valence-corrected chi connectivity index (χ0v) is 9.50. The molecular formula is C11H14N4O2. The summed E-state index contributed by atoms with van der Waals surface area (Å²) in [5.41, 5.74) is 4.81. The molecule has 0 aromatic carbocycles. The Balaban J connectivity index is 2.28. The molecule has 0 saturated carbocycles. The predicted octanol–water partition coefficient (Wildman–Crippen LogP) is 1.04. The van der Waals surface area contributed by atoms with Crippen LogP contribution >= 0.6 is 0 Å². The van der Waals surface area contributed by atoms with E-state index >= 15 is 0 Å². The Morgan fingerprint density at radius 3 is 2.94 bits per heavy atom. The first kappa shape index (κ1) is 11.7. The van der Waals surface area contributed by atoms with Crippen molar-refractivity contribution in [3.05, 3.63) is 30.4 Å². The van der Waals surface area contributed by atoms with Crippen molar-refractivity contribution in [2.45, 2.75) is 25.5 Å². The topological polar surface area (TPSA) is 98.1 Å². The minimum absolute atomic E-state index is 0.0261. The molecule has 0 aliphatic rings. The fourth-order valence-electron chi connectivity index (χ4n) is 1.49. The fourth-order valence-corrected chi connectivity index (χ4v) is 1.49. The van der Waals surface area contributed by atoms with E-state index in [2.05, 4.69) is 15.2 Å². The minimum atomic E-state index is -1.57. The molecule has 2 aromatic rings. The molecule has 6 heteroatoms. The molecule has 0 fully saturated rings. The van der Waals surface area contributed by atoms with E-state index in [-0.39, 0.29) is 5.89 Å². The van der Waals surface area contributed by atoms with Crippen LogP contribution in [0.15, 0.2) is 28.9 Å². The molecule has 0 bridgehead atoms. The number of aromatic nitrogens is 3. The van der Waals surface area contributed by atoms with Crippen molar-refractivity contribution < 1.29 is 9.52 Å². The summed E-state index contributed by atoms with van der Waals surface area (Å²) in [5, 5.41) is 17.5. The maximum Gasteiger partial charge on any atom is 0.263 e. The average Bonchev–Trinajstić information content (AvgIpc) is 2.80. The minimum Gasteiger partial charge on any atom is -0.416 e. The largest absolute Gasteiger partial charge is 0.416 e. The van der Waals surface area contributed by atoms with Gasteiger partial charge in [0.05, 0.1) is 5.56 Å². The predicted molar refractivity (Wildman–Crippen MR) is 60.5 cm³/mol. The van der Waals surface area contributed by atoms with Crippen molar-refractivity contribution >= 4 is 0 Å². The van der Waals surface area contributed by atoms with Crippen molar-refractivity contribution in [2.75, 3.05) is 0 Å². The summed E-state index contributed by atoms with van der Waals surface area (Å²) in [6.45, 7) is 1.91. The Labute approximate surface area is 98.5 Å². The first-order valence-electron chi connectivity index (χ1n) is 5.39. The highest BCUT2D eigenvalue weighted by Gasteiger charge is 2.29. The van der Waals surface area contributed by atoms with Gasteiger partial charge in [0.1, 0.15) is 0 Å². The fraction of sp³-hybridized carbons (Fsp3) is 0.364. The van der Waals surface area contributed by atoms with Gasteiger partial charge in [0.2, 0.25) is 5.89 Å². The lowest BCUT2D eigenvalue weighted by molar-refractivity contribution is 0.00673. The van der Waals surface area contributed by atoms with Gasteiger partial charge in [0.25, 0.3) is 5.89 Å². The first-order chi connectivity index (χ1) is 8.13. The second-order valence-electron chi connectivity index (χ2n) is 3.83. The van der Waals surface area contributed by atoms with Crippen LogP contribution < -0.4 is 5.73 Å². The molecular weight excluding hydrogens is 220 g/mol. The Kier molecular flexibility index (Phi) is 3.16. The summed E-state index contributed by atoms with van der Waals surface area (Å²) in [6.07, 6.45) is 4.34. The summed E-state index contributed by atoms with van der Waals surface area (Å²) in [5.74, 6) is 0.325. The van der Waals surface area contributed by atoms with Crippen LogP contribution in [0.5, 0.6) is 0 Å². The molecule has 17 heavy (non-hydrogen) atoms.